The molecule has 0 aliphatic heterocycles. The van der Waals surface area contributed by atoms with Crippen molar-refractivity contribution in [2.45, 2.75) is 33.1 Å². The van der Waals surface area contributed by atoms with Crippen LogP contribution in [0, 0.1) is 17.7 Å². The van der Waals surface area contributed by atoms with Crippen molar-refractivity contribution in [1.29, 1.82) is 0 Å². The van der Waals surface area contributed by atoms with E-state index in [4.69, 9.17) is 0 Å². The normalized spacial score (nSPS) is 13.8. The van der Waals surface area contributed by atoms with E-state index in [1.165, 1.54) is 6.07 Å². The summed E-state index contributed by atoms with van der Waals surface area (Å²) in [6.45, 7) is 10.2. The lowest BCUT2D eigenvalue weighted by atomic mass is 9.84. The molecule has 0 spiro atoms. The minimum atomic E-state index is -0.194. The highest BCUT2D eigenvalue weighted by Gasteiger charge is 2.21. The van der Waals surface area contributed by atoms with Gasteiger partial charge >= 0.3 is 0 Å². The summed E-state index contributed by atoms with van der Waals surface area (Å²) >= 11 is 0. The first kappa shape index (κ1) is 16.1. The molecule has 0 saturated heterocycles. The molecule has 1 atom stereocenters. The number of rotatable bonds is 7. The number of aliphatic hydroxyl groups excluding tert-OH is 1. The van der Waals surface area contributed by atoms with Crippen molar-refractivity contribution in [3.05, 3.63) is 35.6 Å². The third kappa shape index (κ3) is 4.92. The van der Waals surface area contributed by atoms with Crippen LogP contribution in [-0.2, 0) is 5.41 Å². The van der Waals surface area contributed by atoms with Crippen LogP contribution in [0.4, 0.5) is 4.39 Å². The minimum Gasteiger partial charge on any atom is -0.396 e. The Morgan fingerprint density at radius 3 is 2.53 bits per heavy atom. The molecule has 0 bridgehead atoms. The van der Waals surface area contributed by atoms with Crippen LogP contribution in [0.2, 0.25) is 0 Å². The predicted octanol–water partition coefficient (Wildman–Crippen LogP) is 2.96. The molecule has 1 rings (SSSR count). The summed E-state index contributed by atoms with van der Waals surface area (Å²) < 4.78 is 13.3. The smallest absolute Gasteiger partial charge is 0.123 e. The molecule has 1 aromatic carbocycles. The van der Waals surface area contributed by atoms with Gasteiger partial charge in [-0.1, -0.05) is 39.8 Å². The van der Waals surface area contributed by atoms with Crippen molar-refractivity contribution in [2.75, 3.05) is 19.7 Å². The Labute approximate surface area is 116 Å². The molecule has 3 heteroatoms. The Morgan fingerprint density at radius 1 is 1.32 bits per heavy atom. The summed E-state index contributed by atoms with van der Waals surface area (Å²) in [4.78, 5) is 0. The molecule has 0 fully saturated rings. The second kappa shape index (κ2) is 7.01. The van der Waals surface area contributed by atoms with Crippen LogP contribution in [-0.4, -0.2) is 24.8 Å². The fourth-order valence-electron chi connectivity index (χ4n) is 2.09. The van der Waals surface area contributed by atoms with Gasteiger partial charge in [-0.05, 0) is 29.5 Å². The van der Waals surface area contributed by atoms with Crippen LogP contribution in [0.5, 0.6) is 0 Å². The minimum absolute atomic E-state index is 0.126. The largest absolute Gasteiger partial charge is 0.396 e. The quantitative estimate of drug-likeness (QED) is 0.796. The summed E-state index contributed by atoms with van der Waals surface area (Å²) in [5.41, 5.74) is 0.865. The third-order valence-corrected chi connectivity index (χ3v) is 3.76. The first-order valence-electron chi connectivity index (χ1n) is 6.94. The van der Waals surface area contributed by atoms with Gasteiger partial charge in [0.25, 0.3) is 0 Å². The van der Waals surface area contributed by atoms with Gasteiger partial charge in [-0.3, -0.25) is 0 Å². The highest BCUT2D eigenvalue weighted by atomic mass is 19.1. The van der Waals surface area contributed by atoms with Crippen molar-refractivity contribution < 1.29 is 9.50 Å². The Kier molecular flexibility index (Phi) is 5.95. The molecule has 0 heterocycles. The van der Waals surface area contributed by atoms with E-state index >= 15 is 0 Å². The number of aliphatic hydroxyl groups is 1. The summed E-state index contributed by atoms with van der Waals surface area (Å²) in [6.07, 6.45) is 0. The van der Waals surface area contributed by atoms with Crippen molar-refractivity contribution in [1.82, 2.24) is 5.32 Å². The lowest BCUT2D eigenvalue weighted by Crippen LogP contribution is -2.37. The van der Waals surface area contributed by atoms with E-state index in [1.54, 1.807) is 12.1 Å². The topological polar surface area (TPSA) is 32.3 Å². The van der Waals surface area contributed by atoms with Gasteiger partial charge in [-0.2, -0.15) is 0 Å². The standard InChI is InChI=1S/C16H26FNO/c1-12(2)13(10-19)9-18-11-16(3,4)14-6-5-7-15(17)8-14/h5-8,12-13,18-19H,9-11H2,1-4H3. The summed E-state index contributed by atoms with van der Waals surface area (Å²) in [5.74, 6) is 0.527. The van der Waals surface area contributed by atoms with Crippen LogP contribution in [0.25, 0.3) is 0 Å². The molecule has 108 valence electrons. The van der Waals surface area contributed by atoms with Crippen molar-refractivity contribution in [3.63, 3.8) is 0 Å². The fraction of sp³-hybridized carbons (Fsp3) is 0.625. The van der Waals surface area contributed by atoms with Crippen LogP contribution >= 0.6 is 0 Å². The molecule has 0 aliphatic rings. The first-order chi connectivity index (χ1) is 8.86. The third-order valence-electron chi connectivity index (χ3n) is 3.76. The molecule has 1 aromatic rings. The van der Waals surface area contributed by atoms with Crippen LogP contribution in [0.3, 0.4) is 0 Å². The fourth-order valence-corrected chi connectivity index (χ4v) is 2.09. The van der Waals surface area contributed by atoms with Crippen LogP contribution < -0.4 is 5.32 Å². The maximum atomic E-state index is 13.3. The zero-order valence-electron chi connectivity index (χ0n) is 12.4. The maximum Gasteiger partial charge on any atom is 0.123 e. The van der Waals surface area contributed by atoms with Gasteiger partial charge in [0.2, 0.25) is 0 Å². The van der Waals surface area contributed by atoms with Gasteiger partial charge in [-0.25, -0.2) is 4.39 Å². The zero-order chi connectivity index (χ0) is 14.5. The van der Waals surface area contributed by atoms with E-state index in [1.807, 2.05) is 6.07 Å². The molecule has 2 N–H and O–H groups in total. The van der Waals surface area contributed by atoms with E-state index < -0.39 is 0 Å². The van der Waals surface area contributed by atoms with Crippen LogP contribution in [0.15, 0.2) is 24.3 Å². The second-order valence-corrected chi connectivity index (χ2v) is 6.21. The summed E-state index contributed by atoms with van der Waals surface area (Å²) in [7, 11) is 0. The Bertz CT molecular complexity index is 390. The molecular formula is C16H26FNO. The molecule has 0 aliphatic carbocycles. The van der Waals surface area contributed by atoms with Gasteiger partial charge < -0.3 is 10.4 Å². The van der Waals surface area contributed by atoms with Gasteiger partial charge in [0, 0.05) is 25.1 Å². The maximum absolute atomic E-state index is 13.3. The van der Waals surface area contributed by atoms with Gasteiger partial charge in [0.15, 0.2) is 0 Å². The number of benzene rings is 1. The SMILES string of the molecule is CC(C)C(CO)CNCC(C)(C)c1cccc(F)c1. The molecular weight excluding hydrogens is 241 g/mol. The summed E-state index contributed by atoms with van der Waals surface area (Å²) in [6, 6.07) is 6.76. The Hall–Kier alpha value is -0.930. The number of hydrogen-bond donors (Lipinski definition) is 2. The van der Waals surface area contributed by atoms with E-state index in [0.717, 1.165) is 18.7 Å². The molecule has 0 amide bonds. The van der Waals surface area contributed by atoms with Crippen molar-refractivity contribution in [2.24, 2.45) is 11.8 Å². The molecule has 2 nitrogen and oxygen atoms in total. The number of nitrogens with one attached hydrogen (secondary N) is 1. The second-order valence-electron chi connectivity index (χ2n) is 6.21. The van der Waals surface area contributed by atoms with E-state index in [0.29, 0.717) is 5.92 Å². The molecule has 1 unspecified atom stereocenters. The van der Waals surface area contributed by atoms with E-state index in [-0.39, 0.29) is 23.8 Å². The zero-order valence-corrected chi connectivity index (χ0v) is 12.4. The average Bonchev–Trinajstić information content (AvgIpc) is 2.34. The molecule has 19 heavy (non-hydrogen) atoms. The van der Waals surface area contributed by atoms with Gasteiger partial charge in [0.05, 0.1) is 0 Å². The lowest BCUT2D eigenvalue weighted by Gasteiger charge is -2.28. The highest BCUT2D eigenvalue weighted by molar-refractivity contribution is 5.24. The Morgan fingerprint density at radius 2 is 2.00 bits per heavy atom. The first-order valence-corrected chi connectivity index (χ1v) is 6.94. The van der Waals surface area contributed by atoms with Gasteiger partial charge in [0.1, 0.15) is 5.82 Å². The molecule has 0 radical (unpaired) electrons. The lowest BCUT2D eigenvalue weighted by molar-refractivity contribution is 0.184. The van der Waals surface area contributed by atoms with E-state index in [2.05, 4.69) is 33.0 Å². The number of hydrogen-bond acceptors (Lipinski definition) is 2. The predicted molar refractivity (Wildman–Crippen MR) is 77.7 cm³/mol. The molecule has 0 saturated carbocycles. The van der Waals surface area contributed by atoms with E-state index in [9.17, 15) is 9.50 Å². The average molecular weight is 267 g/mol. The van der Waals surface area contributed by atoms with Gasteiger partial charge in [-0.15, -0.1) is 0 Å². The van der Waals surface area contributed by atoms with Crippen molar-refractivity contribution in [3.8, 4) is 0 Å². The van der Waals surface area contributed by atoms with Crippen LogP contribution in [0.1, 0.15) is 33.3 Å². The Balaban J connectivity index is 2.56. The molecule has 0 aromatic heterocycles. The summed E-state index contributed by atoms with van der Waals surface area (Å²) in [5, 5.41) is 12.7. The highest BCUT2D eigenvalue weighted by Crippen LogP contribution is 2.23. The van der Waals surface area contributed by atoms with Crippen molar-refractivity contribution >= 4 is 0 Å². The number of halogens is 1. The monoisotopic (exact) mass is 267 g/mol.